The van der Waals surface area contributed by atoms with Crippen LogP contribution in [0.4, 0.5) is 14.5 Å². The Morgan fingerprint density at radius 1 is 1.04 bits per heavy atom. The molecule has 1 N–H and O–H groups in total. The zero-order valence-electron chi connectivity index (χ0n) is 12.2. The highest BCUT2D eigenvalue weighted by Gasteiger charge is 2.11. The first kappa shape index (κ1) is 17.7. The van der Waals surface area contributed by atoms with E-state index >= 15 is 0 Å². The van der Waals surface area contributed by atoms with Gasteiger partial charge < -0.3 is 14.8 Å². The summed E-state index contributed by atoms with van der Waals surface area (Å²) < 4.78 is 35.9. The standard InChI is InChI=1S/C16H12ClF2NO4/c17-11-7-10(5-6-12(11)18)20-15(21)8-24-16(22)9-23-14-4-2-1-3-13(14)19/h1-7H,8-9H2,(H,20,21). The fourth-order valence-electron chi connectivity index (χ4n) is 1.66. The molecular weight excluding hydrogens is 344 g/mol. The highest BCUT2D eigenvalue weighted by atomic mass is 35.5. The molecule has 2 aromatic rings. The average Bonchev–Trinajstić information content (AvgIpc) is 2.55. The molecule has 0 saturated carbocycles. The van der Waals surface area contributed by atoms with E-state index < -0.39 is 36.7 Å². The summed E-state index contributed by atoms with van der Waals surface area (Å²) in [5.41, 5.74) is 0.255. The molecule has 2 aromatic carbocycles. The Balaban J connectivity index is 1.76. The predicted octanol–water partition coefficient (Wildman–Crippen LogP) is 3.18. The summed E-state index contributed by atoms with van der Waals surface area (Å²) >= 11 is 5.58. The van der Waals surface area contributed by atoms with Gasteiger partial charge in [0.25, 0.3) is 5.91 Å². The first-order chi connectivity index (χ1) is 11.5. The van der Waals surface area contributed by atoms with Crippen LogP contribution >= 0.6 is 11.6 Å². The van der Waals surface area contributed by atoms with Gasteiger partial charge in [-0.2, -0.15) is 0 Å². The maximum Gasteiger partial charge on any atom is 0.344 e. The number of esters is 1. The van der Waals surface area contributed by atoms with Gasteiger partial charge >= 0.3 is 5.97 Å². The molecule has 0 radical (unpaired) electrons. The monoisotopic (exact) mass is 355 g/mol. The van der Waals surface area contributed by atoms with Gasteiger partial charge in [-0.15, -0.1) is 0 Å². The van der Waals surface area contributed by atoms with Crippen molar-refractivity contribution in [3.8, 4) is 5.75 Å². The number of rotatable bonds is 6. The van der Waals surface area contributed by atoms with Crippen LogP contribution in [0, 0.1) is 11.6 Å². The highest BCUT2D eigenvalue weighted by molar-refractivity contribution is 6.31. The number of hydrogen-bond acceptors (Lipinski definition) is 4. The smallest absolute Gasteiger partial charge is 0.344 e. The number of para-hydroxylation sites is 1. The van der Waals surface area contributed by atoms with Gasteiger partial charge in [0.1, 0.15) is 5.82 Å². The topological polar surface area (TPSA) is 64.6 Å². The van der Waals surface area contributed by atoms with Crippen LogP contribution in [-0.2, 0) is 14.3 Å². The third-order valence-electron chi connectivity index (χ3n) is 2.75. The van der Waals surface area contributed by atoms with Crippen molar-refractivity contribution in [2.75, 3.05) is 18.5 Å². The number of benzene rings is 2. The summed E-state index contributed by atoms with van der Waals surface area (Å²) in [7, 11) is 0. The number of carbonyl (C=O) groups is 2. The van der Waals surface area contributed by atoms with Crippen molar-refractivity contribution in [1.82, 2.24) is 0 Å². The molecule has 0 atom stereocenters. The van der Waals surface area contributed by atoms with Gasteiger partial charge in [-0.1, -0.05) is 23.7 Å². The lowest BCUT2D eigenvalue weighted by Gasteiger charge is -2.08. The Kier molecular flexibility index (Phi) is 6.08. The number of hydrogen-bond donors (Lipinski definition) is 1. The molecule has 24 heavy (non-hydrogen) atoms. The molecule has 0 fully saturated rings. The molecule has 0 saturated heterocycles. The second-order valence-electron chi connectivity index (χ2n) is 4.56. The van der Waals surface area contributed by atoms with E-state index in [1.54, 1.807) is 6.07 Å². The largest absolute Gasteiger partial charge is 0.479 e. The Bertz CT molecular complexity index is 755. The SMILES string of the molecule is O=C(COC(=O)COc1ccccc1F)Nc1ccc(F)c(Cl)c1. The van der Waals surface area contributed by atoms with E-state index in [-0.39, 0.29) is 16.5 Å². The Morgan fingerprint density at radius 2 is 1.79 bits per heavy atom. The third kappa shape index (κ3) is 5.20. The Hall–Kier alpha value is -2.67. The van der Waals surface area contributed by atoms with E-state index in [4.69, 9.17) is 16.3 Å². The molecule has 0 heterocycles. The van der Waals surface area contributed by atoms with E-state index in [1.807, 2.05) is 0 Å². The normalized spacial score (nSPS) is 10.1. The second-order valence-corrected chi connectivity index (χ2v) is 4.96. The van der Waals surface area contributed by atoms with Crippen molar-refractivity contribution < 1.29 is 27.8 Å². The van der Waals surface area contributed by atoms with Crippen molar-refractivity contribution in [2.24, 2.45) is 0 Å². The average molecular weight is 356 g/mol. The lowest BCUT2D eigenvalue weighted by molar-refractivity contribution is -0.149. The summed E-state index contributed by atoms with van der Waals surface area (Å²) in [6, 6.07) is 9.18. The van der Waals surface area contributed by atoms with E-state index in [0.29, 0.717) is 0 Å². The maximum atomic E-state index is 13.3. The number of carbonyl (C=O) groups excluding carboxylic acids is 2. The number of halogens is 3. The van der Waals surface area contributed by atoms with Crippen LogP contribution in [0.1, 0.15) is 0 Å². The summed E-state index contributed by atoms with van der Waals surface area (Å²) in [5, 5.41) is 2.23. The number of amides is 1. The Labute approximate surface area is 141 Å². The number of ether oxygens (including phenoxy) is 2. The molecule has 0 spiro atoms. The van der Waals surface area contributed by atoms with Crippen molar-refractivity contribution in [1.29, 1.82) is 0 Å². The van der Waals surface area contributed by atoms with E-state index in [2.05, 4.69) is 10.1 Å². The quantitative estimate of drug-likeness (QED) is 0.808. The van der Waals surface area contributed by atoms with Gasteiger partial charge in [-0.25, -0.2) is 13.6 Å². The fourth-order valence-corrected chi connectivity index (χ4v) is 1.84. The van der Waals surface area contributed by atoms with Crippen molar-refractivity contribution in [3.05, 3.63) is 59.1 Å². The predicted molar refractivity (Wildman–Crippen MR) is 82.9 cm³/mol. The molecule has 0 aromatic heterocycles. The molecule has 126 valence electrons. The number of anilines is 1. The summed E-state index contributed by atoms with van der Waals surface area (Å²) in [6.07, 6.45) is 0. The lowest BCUT2D eigenvalue weighted by Crippen LogP contribution is -2.23. The molecule has 0 aliphatic heterocycles. The first-order valence-corrected chi connectivity index (χ1v) is 7.11. The summed E-state index contributed by atoms with van der Waals surface area (Å²) in [4.78, 5) is 23.1. The molecule has 0 bridgehead atoms. The van der Waals surface area contributed by atoms with Gasteiger partial charge in [0.2, 0.25) is 0 Å². The van der Waals surface area contributed by atoms with Crippen LogP contribution in [0.5, 0.6) is 5.75 Å². The van der Waals surface area contributed by atoms with Gasteiger partial charge in [0, 0.05) is 5.69 Å². The molecule has 8 heteroatoms. The lowest BCUT2D eigenvalue weighted by atomic mass is 10.3. The van der Waals surface area contributed by atoms with E-state index in [1.165, 1.54) is 30.3 Å². The van der Waals surface area contributed by atoms with Crippen molar-refractivity contribution in [3.63, 3.8) is 0 Å². The zero-order valence-corrected chi connectivity index (χ0v) is 13.0. The van der Waals surface area contributed by atoms with Crippen LogP contribution in [0.2, 0.25) is 5.02 Å². The zero-order chi connectivity index (χ0) is 17.5. The van der Waals surface area contributed by atoms with Gasteiger partial charge in [0.05, 0.1) is 5.02 Å². The van der Waals surface area contributed by atoms with Crippen LogP contribution < -0.4 is 10.1 Å². The van der Waals surface area contributed by atoms with Gasteiger partial charge in [-0.05, 0) is 30.3 Å². The van der Waals surface area contributed by atoms with E-state index in [0.717, 1.165) is 6.07 Å². The molecular formula is C16H12ClF2NO4. The van der Waals surface area contributed by atoms with E-state index in [9.17, 15) is 18.4 Å². The summed E-state index contributed by atoms with van der Waals surface area (Å²) in [6.45, 7) is -1.12. The van der Waals surface area contributed by atoms with Crippen molar-refractivity contribution in [2.45, 2.75) is 0 Å². The van der Waals surface area contributed by atoms with Crippen LogP contribution in [-0.4, -0.2) is 25.1 Å². The minimum Gasteiger partial charge on any atom is -0.479 e. The molecule has 2 rings (SSSR count). The van der Waals surface area contributed by atoms with Crippen molar-refractivity contribution >= 4 is 29.2 Å². The minimum absolute atomic E-state index is 0.0974. The molecule has 1 amide bonds. The van der Waals surface area contributed by atoms with Crippen LogP contribution in [0.25, 0.3) is 0 Å². The van der Waals surface area contributed by atoms with Gasteiger partial charge in [-0.3, -0.25) is 4.79 Å². The van der Waals surface area contributed by atoms with Gasteiger partial charge in [0.15, 0.2) is 24.8 Å². The maximum absolute atomic E-state index is 13.3. The Morgan fingerprint density at radius 3 is 2.50 bits per heavy atom. The number of nitrogens with one attached hydrogen (secondary N) is 1. The molecule has 0 aliphatic rings. The third-order valence-corrected chi connectivity index (χ3v) is 3.04. The summed E-state index contributed by atoms with van der Waals surface area (Å²) in [5.74, 6) is -2.81. The minimum atomic E-state index is -0.842. The fraction of sp³-hybridized carbons (Fsp3) is 0.125. The molecule has 0 unspecified atom stereocenters. The molecule has 5 nitrogen and oxygen atoms in total. The first-order valence-electron chi connectivity index (χ1n) is 6.73. The van der Waals surface area contributed by atoms with Crippen LogP contribution in [0.15, 0.2) is 42.5 Å². The highest BCUT2D eigenvalue weighted by Crippen LogP contribution is 2.19. The second kappa shape index (κ2) is 8.26. The van der Waals surface area contributed by atoms with Crippen LogP contribution in [0.3, 0.4) is 0 Å². The molecule has 0 aliphatic carbocycles.